The summed E-state index contributed by atoms with van der Waals surface area (Å²) in [5.41, 5.74) is 0.773. The Hall–Kier alpha value is -0.620. The maximum absolute atomic E-state index is 12.3. The average molecular weight is 370 g/mol. The molecule has 3 nitrogen and oxygen atoms in total. The van der Waals surface area contributed by atoms with E-state index in [0.717, 1.165) is 22.1 Å². The molecule has 2 aliphatic rings. The van der Waals surface area contributed by atoms with Crippen LogP contribution in [0.25, 0.3) is 0 Å². The zero-order valence-corrected chi connectivity index (χ0v) is 13.1. The van der Waals surface area contributed by atoms with Gasteiger partial charge >= 0.3 is 0 Å². The van der Waals surface area contributed by atoms with Crippen LogP contribution in [-0.4, -0.2) is 36.0 Å². The molecule has 0 bridgehead atoms. The number of piperidine rings is 1. The molecule has 1 aromatic carbocycles. The molecule has 2 heterocycles. The summed E-state index contributed by atoms with van der Waals surface area (Å²) in [6.45, 7) is 2.35. The smallest absolute Gasteiger partial charge is 0.251 e. The zero-order valence-electron chi connectivity index (χ0n) is 10.9. The highest BCUT2D eigenvalue weighted by atomic mass is 127. The first-order valence-electron chi connectivity index (χ1n) is 7.04. The number of fused-ring (bicyclic) bond motifs is 1. The van der Waals surface area contributed by atoms with Crippen LogP contribution in [0, 0.1) is 3.57 Å². The van der Waals surface area contributed by atoms with E-state index in [1.54, 1.807) is 0 Å². The summed E-state index contributed by atoms with van der Waals surface area (Å²) in [6, 6.07) is 8.69. The van der Waals surface area contributed by atoms with Crippen LogP contribution in [0.3, 0.4) is 0 Å². The number of benzene rings is 1. The lowest BCUT2D eigenvalue weighted by molar-refractivity contribution is 0.0915. The zero-order chi connectivity index (χ0) is 13.2. The number of rotatable bonds is 2. The van der Waals surface area contributed by atoms with Crippen molar-refractivity contribution in [2.45, 2.75) is 37.8 Å². The van der Waals surface area contributed by atoms with Crippen molar-refractivity contribution in [1.29, 1.82) is 0 Å². The summed E-state index contributed by atoms with van der Waals surface area (Å²) in [7, 11) is 0. The van der Waals surface area contributed by atoms with E-state index in [2.05, 4.69) is 32.8 Å². The molecule has 102 valence electrons. The van der Waals surface area contributed by atoms with Gasteiger partial charge in [-0.1, -0.05) is 6.42 Å². The fourth-order valence-electron chi connectivity index (χ4n) is 3.27. The number of carbonyl (C=O) groups excluding carboxylic acids is 1. The molecule has 4 heteroatoms. The van der Waals surface area contributed by atoms with Gasteiger partial charge in [-0.05, 0) is 72.7 Å². The number of nitrogens with zero attached hydrogens (tertiary/aromatic N) is 1. The molecule has 2 atom stereocenters. The van der Waals surface area contributed by atoms with Gasteiger partial charge in [-0.25, -0.2) is 0 Å². The standard InChI is InChI=1S/C15H19IN2O/c16-12-6-4-11(5-7-12)15(19)17-13-8-10-18-9-2-1-3-14(13)18/h4-7,13-14H,1-3,8-10H2,(H,17,19). The van der Waals surface area contributed by atoms with Gasteiger partial charge in [0.05, 0.1) is 0 Å². The highest BCUT2D eigenvalue weighted by Gasteiger charge is 2.36. The lowest BCUT2D eigenvalue weighted by atomic mass is 9.99. The van der Waals surface area contributed by atoms with E-state index in [0.29, 0.717) is 12.1 Å². The molecular formula is C15H19IN2O. The molecular weight excluding hydrogens is 351 g/mol. The lowest BCUT2D eigenvalue weighted by Gasteiger charge is -2.32. The van der Waals surface area contributed by atoms with Crippen LogP contribution in [0.4, 0.5) is 0 Å². The molecule has 0 aromatic heterocycles. The first kappa shape index (κ1) is 13.4. The third kappa shape index (κ3) is 2.94. The topological polar surface area (TPSA) is 32.3 Å². The van der Waals surface area contributed by atoms with Crippen LogP contribution in [0.15, 0.2) is 24.3 Å². The van der Waals surface area contributed by atoms with Gasteiger partial charge in [-0.3, -0.25) is 9.69 Å². The summed E-state index contributed by atoms with van der Waals surface area (Å²) in [5.74, 6) is 0.0776. The van der Waals surface area contributed by atoms with Gasteiger partial charge in [-0.15, -0.1) is 0 Å². The Bertz CT molecular complexity index is 460. The number of halogens is 1. The minimum atomic E-state index is 0.0776. The average Bonchev–Trinajstić information content (AvgIpc) is 2.83. The number of hydrogen-bond donors (Lipinski definition) is 1. The van der Waals surface area contributed by atoms with Gasteiger partial charge in [0, 0.05) is 27.8 Å². The summed E-state index contributed by atoms with van der Waals surface area (Å²) < 4.78 is 1.16. The van der Waals surface area contributed by atoms with Crippen LogP contribution in [0.1, 0.15) is 36.0 Å². The maximum atomic E-state index is 12.3. The molecule has 0 radical (unpaired) electrons. The summed E-state index contributed by atoms with van der Waals surface area (Å²) in [6.07, 6.45) is 4.95. The number of hydrogen-bond acceptors (Lipinski definition) is 2. The highest BCUT2D eigenvalue weighted by molar-refractivity contribution is 14.1. The monoisotopic (exact) mass is 370 g/mol. The molecule has 2 aliphatic heterocycles. The van der Waals surface area contributed by atoms with Crippen molar-refractivity contribution < 1.29 is 4.79 Å². The Balaban J connectivity index is 1.65. The second-order valence-electron chi connectivity index (χ2n) is 5.47. The van der Waals surface area contributed by atoms with Crippen LogP contribution >= 0.6 is 22.6 Å². The molecule has 19 heavy (non-hydrogen) atoms. The minimum absolute atomic E-state index is 0.0776. The van der Waals surface area contributed by atoms with Gasteiger partial charge in [0.1, 0.15) is 0 Å². The van der Waals surface area contributed by atoms with Crippen molar-refractivity contribution in [1.82, 2.24) is 10.2 Å². The normalized spacial score (nSPS) is 27.0. The molecule has 1 amide bonds. The van der Waals surface area contributed by atoms with Gasteiger partial charge in [-0.2, -0.15) is 0 Å². The predicted molar refractivity (Wildman–Crippen MR) is 84.2 cm³/mol. The van der Waals surface area contributed by atoms with E-state index < -0.39 is 0 Å². The molecule has 2 unspecified atom stereocenters. The molecule has 0 saturated carbocycles. The number of carbonyl (C=O) groups is 1. The van der Waals surface area contributed by atoms with Crippen LogP contribution in [-0.2, 0) is 0 Å². The van der Waals surface area contributed by atoms with Crippen molar-refractivity contribution in [2.75, 3.05) is 13.1 Å². The maximum Gasteiger partial charge on any atom is 0.251 e. The quantitative estimate of drug-likeness (QED) is 0.812. The predicted octanol–water partition coefficient (Wildman–Crippen LogP) is 2.65. The van der Waals surface area contributed by atoms with E-state index in [-0.39, 0.29) is 5.91 Å². The van der Waals surface area contributed by atoms with Crippen molar-refractivity contribution in [2.24, 2.45) is 0 Å². The molecule has 0 aliphatic carbocycles. The van der Waals surface area contributed by atoms with E-state index in [9.17, 15) is 4.79 Å². The van der Waals surface area contributed by atoms with Crippen molar-refractivity contribution in [3.63, 3.8) is 0 Å². The first-order chi connectivity index (χ1) is 9.24. The summed E-state index contributed by atoms with van der Waals surface area (Å²) >= 11 is 2.26. The van der Waals surface area contributed by atoms with Crippen molar-refractivity contribution in [3.8, 4) is 0 Å². The molecule has 2 fully saturated rings. The van der Waals surface area contributed by atoms with E-state index in [4.69, 9.17) is 0 Å². The molecule has 0 spiro atoms. The fraction of sp³-hybridized carbons (Fsp3) is 0.533. The lowest BCUT2D eigenvalue weighted by Crippen LogP contribution is -2.46. The second-order valence-corrected chi connectivity index (χ2v) is 6.72. The molecule has 1 aromatic rings. The fourth-order valence-corrected chi connectivity index (χ4v) is 3.63. The van der Waals surface area contributed by atoms with E-state index in [1.807, 2.05) is 24.3 Å². The summed E-state index contributed by atoms with van der Waals surface area (Å²) in [4.78, 5) is 14.8. The van der Waals surface area contributed by atoms with Crippen molar-refractivity contribution >= 4 is 28.5 Å². The minimum Gasteiger partial charge on any atom is -0.348 e. The van der Waals surface area contributed by atoms with E-state index in [1.165, 1.54) is 25.8 Å². The van der Waals surface area contributed by atoms with Crippen molar-refractivity contribution in [3.05, 3.63) is 33.4 Å². The first-order valence-corrected chi connectivity index (χ1v) is 8.12. The van der Waals surface area contributed by atoms with E-state index >= 15 is 0 Å². The Morgan fingerprint density at radius 2 is 1.95 bits per heavy atom. The Kier molecular flexibility index (Phi) is 4.07. The molecule has 1 N–H and O–H groups in total. The summed E-state index contributed by atoms with van der Waals surface area (Å²) in [5, 5.41) is 3.23. The van der Waals surface area contributed by atoms with Crippen LogP contribution < -0.4 is 5.32 Å². The number of amides is 1. The Morgan fingerprint density at radius 3 is 2.74 bits per heavy atom. The number of nitrogens with one attached hydrogen (secondary N) is 1. The highest BCUT2D eigenvalue weighted by Crippen LogP contribution is 2.27. The van der Waals surface area contributed by atoms with Gasteiger partial charge in [0.25, 0.3) is 5.91 Å². The third-order valence-corrected chi connectivity index (χ3v) is 5.00. The second kappa shape index (κ2) is 5.79. The molecule has 3 rings (SSSR count). The van der Waals surface area contributed by atoms with Crippen LogP contribution in [0.5, 0.6) is 0 Å². The SMILES string of the molecule is O=C(NC1CCN2CCCCC12)c1ccc(I)cc1. The van der Waals surface area contributed by atoms with Crippen LogP contribution in [0.2, 0.25) is 0 Å². The molecule has 2 saturated heterocycles. The van der Waals surface area contributed by atoms with Gasteiger partial charge < -0.3 is 5.32 Å². The van der Waals surface area contributed by atoms with Gasteiger partial charge in [0.15, 0.2) is 0 Å². The Labute approximate surface area is 127 Å². The third-order valence-electron chi connectivity index (χ3n) is 4.28. The Morgan fingerprint density at radius 1 is 1.16 bits per heavy atom. The van der Waals surface area contributed by atoms with Gasteiger partial charge in [0.2, 0.25) is 0 Å². The largest absolute Gasteiger partial charge is 0.348 e.